The van der Waals surface area contributed by atoms with Gasteiger partial charge in [0.1, 0.15) is 17.6 Å². The molecular formula is C14H15Cl2FN3O2+. The lowest BCUT2D eigenvalue weighted by atomic mass is 10.1. The molecule has 1 atom stereocenters. The number of amides is 1. The summed E-state index contributed by atoms with van der Waals surface area (Å²) in [7, 11) is 0. The van der Waals surface area contributed by atoms with Gasteiger partial charge in [-0.2, -0.15) is 0 Å². The third kappa shape index (κ3) is 4.19. The van der Waals surface area contributed by atoms with Crippen LogP contribution in [0.4, 0.5) is 10.2 Å². The molecule has 0 unspecified atom stereocenters. The molecule has 2 rings (SSSR count). The minimum absolute atomic E-state index is 0.0277. The molecule has 0 fully saturated rings. The lowest BCUT2D eigenvalue weighted by Crippen LogP contribution is -2.86. The van der Waals surface area contributed by atoms with Crippen LogP contribution in [0.25, 0.3) is 0 Å². The van der Waals surface area contributed by atoms with Gasteiger partial charge in [-0.05, 0) is 26.0 Å². The molecule has 0 aliphatic rings. The van der Waals surface area contributed by atoms with Gasteiger partial charge < -0.3 is 15.2 Å². The largest absolute Gasteiger partial charge is 0.360 e. The first-order chi connectivity index (χ1) is 10.4. The number of carbonyl (C=O) groups is 1. The quantitative estimate of drug-likeness (QED) is 0.817. The number of nitrogens with zero attached hydrogens (tertiary/aromatic N) is 1. The molecule has 5 nitrogen and oxygen atoms in total. The standard InChI is InChI=1S/C14H14Cl2FN3O2/c1-7-3-13(20-22-7)19-14(21)6-18-8(2)9-4-12(17)11(16)5-10(9)15/h3-5,8,18H,6H2,1-2H3,(H,19,20,21)/p+1/t8-/m1/s1. The molecule has 0 bridgehead atoms. The molecule has 1 amide bonds. The minimum atomic E-state index is -0.538. The number of hydrogen-bond donors (Lipinski definition) is 2. The van der Waals surface area contributed by atoms with E-state index < -0.39 is 5.82 Å². The Morgan fingerprint density at radius 1 is 1.41 bits per heavy atom. The predicted molar refractivity (Wildman–Crippen MR) is 81.5 cm³/mol. The average Bonchev–Trinajstić information content (AvgIpc) is 2.85. The first-order valence-electron chi connectivity index (χ1n) is 6.57. The van der Waals surface area contributed by atoms with Crippen molar-refractivity contribution in [2.75, 3.05) is 11.9 Å². The summed E-state index contributed by atoms with van der Waals surface area (Å²) < 4.78 is 18.4. The Balaban J connectivity index is 1.93. The van der Waals surface area contributed by atoms with E-state index in [1.54, 1.807) is 18.3 Å². The van der Waals surface area contributed by atoms with Crippen molar-refractivity contribution in [1.29, 1.82) is 0 Å². The topological polar surface area (TPSA) is 71.7 Å². The third-order valence-electron chi connectivity index (χ3n) is 3.08. The number of anilines is 1. The van der Waals surface area contributed by atoms with Crippen LogP contribution in [0.5, 0.6) is 0 Å². The Morgan fingerprint density at radius 2 is 2.14 bits per heavy atom. The summed E-state index contributed by atoms with van der Waals surface area (Å²) >= 11 is 11.7. The number of aromatic nitrogens is 1. The van der Waals surface area contributed by atoms with Gasteiger partial charge in [0.25, 0.3) is 5.91 Å². The van der Waals surface area contributed by atoms with Crippen LogP contribution in [0.3, 0.4) is 0 Å². The first-order valence-corrected chi connectivity index (χ1v) is 7.33. The van der Waals surface area contributed by atoms with E-state index in [0.717, 1.165) is 0 Å². The molecule has 1 aromatic carbocycles. The Kier molecular flexibility index (Phi) is 5.39. The highest BCUT2D eigenvalue weighted by Gasteiger charge is 2.17. The van der Waals surface area contributed by atoms with E-state index in [1.807, 2.05) is 6.92 Å². The van der Waals surface area contributed by atoms with Crippen LogP contribution in [0.1, 0.15) is 24.3 Å². The molecule has 22 heavy (non-hydrogen) atoms. The van der Waals surface area contributed by atoms with E-state index in [0.29, 0.717) is 22.2 Å². The number of nitrogens with one attached hydrogen (secondary N) is 1. The summed E-state index contributed by atoms with van der Waals surface area (Å²) in [4.78, 5) is 11.8. The summed E-state index contributed by atoms with van der Waals surface area (Å²) in [6.45, 7) is 3.68. The van der Waals surface area contributed by atoms with Gasteiger partial charge in [0, 0.05) is 11.6 Å². The number of rotatable bonds is 5. The number of aryl methyl sites for hydroxylation is 1. The second-order valence-electron chi connectivity index (χ2n) is 4.89. The van der Waals surface area contributed by atoms with Crippen LogP contribution in [-0.4, -0.2) is 17.6 Å². The van der Waals surface area contributed by atoms with Crippen LogP contribution in [0.2, 0.25) is 10.0 Å². The fraction of sp³-hybridized carbons (Fsp3) is 0.286. The Bertz CT molecular complexity index is 691. The maximum atomic E-state index is 13.5. The van der Waals surface area contributed by atoms with E-state index in [2.05, 4.69) is 10.5 Å². The Hall–Kier alpha value is -1.63. The summed E-state index contributed by atoms with van der Waals surface area (Å²) in [5.41, 5.74) is 0.577. The van der Waals surface area contributed by atoms with Crippen LogP contribution < -0.4 is 10.6 Å². The lowest BCUT2D eigenvalue weighted by Gasteiger charge is -2.13. The van der Waals surface area contributed by atoms with E-state index in [4.69, 9.17) is 27.7 Å². The lowest BCUT2D eigenvalue weighted by molar-refractivity contribution is -0.682. The monoisotopic (exact) mass is 346 g/mol. The van der Waals surface area contributed by atoms with Gasteiger partial charge in [-0.15, -0.1) is 0 Å². The van der Waals surface area contributed by atoms with Crippen LogP contribution in [-0.2, 0) is 4.79 Å². The van der Waals surface area contributed by atoms with E-state index in [-0.39, 0.29) is 23.5 Å². The van der Waals surface area contributed by atoms with Crippen molar-refractivity contribution in [3.63, 3.8) is 0 Å². The molecule has 0 aliphatic heterocycles. The molecule has 3 N–H and O–H groups in total. The Labute approximate surface area is 136 Å². The maximum absolute atomic E-state index is 13.5. The highest BCUT2D eigenvalue weighted by atomic mass is 35.5. The number of hydrogen-bond acceptors (Lipinski definition) is 3. The fourth-order valence-corrected chi connectivity index (χ4v) is 2.47. The summed E-state index contributed by atoms with van der Waals surface area (Å²) in [6.07, 6.45) is 0. The summed E-state index contributed by atoms with van der Waals surface area (Å²) in [5.74, 6) is 0.185. The zero-order valence-electron chi connectivity index (χ0n) is 12.0. The molecule has 1 heterocycles. The van der Waals surface area contributed by atoms with Crippen LogP contribution in [0.15, 0.2) is 22.7 Å². The van der Waals surface area contributed by atoms with E-state index >= 15 is 0 Å². The van der Waals surface area contributed by atoms with E-state index in [9.17, 15) is 9.18 Å². The first kappa shape index (κ1) is 16.7. The van der Waals surface area contributed by atoms with Gasteiger partial charge in [0.05, 0.1) is 10.0 Å². The van der Waals surface area contributed by atoms with Crippen LogP contribution >= 0.6 is 23.2 Å². The number of quaternary nitrogens is 1. The molecule has 8 heteroatoms. The molecule has 0 spiro atoms. The maximum Gasteiger partial charge on any atom is 0.280 e. The highest BCUT2D eigenvalue weighted by molar-refractivity contribution is 6.35. The second-order valence-corrected chi connectivity index (χ2v) is 5.70. The van der Waals surface area contributed by atoms with Gasteiger partial charge in [0.15, 0.2) is 12.4 Å². The van der Waals surface area contributed by atoms with Crippen molar-refractivity contribution < 1.29 is 19.0 Å². The zero-order valence-corrected chi connectivity index (χ0v) is 13.5. The van der Waals surface area contributed by atoms with Crippen molar-refractivity contribution in [3.8, 4) is 0 Å². The van der Waals surface area contributed by atoms with Gasteiger partial charge >= 0.3 is 0 Å². The third-order valence-corrected chi connectivity index (χ3v) is 3.70. The van der Waals surface area contributed by atoms with Crippen molar-refractivity contribution in [3.05, 3.63) is 45.4 Å². The van der Waals surface area contributed by atoms with Gasteiger partial charge in [0.2, 0.25) is 0 Å². The van der Waals surface area contributed by atoms with Crippen molar-refractivity contribution in [1.82, 2.24) is 5.16 Å². The van der Waals surface area contributed by atoms with Crippen molar-refractivity contribution >= 4 is 34.9 Å². The number of carbonyl (C=O) groups excluding carboxylic acids is 1. The highest BCUT2D eigenvalue weighted by Crippen LogP contribution is 2.27. The number of nitrogens with two attached hydrogens (primary N) is 1. The van der Waals surface area contributed by atoms with Crippen molar-refractivity contribution in [2.24, 2.45) is 0 Å². The SMILES string of the molecule is Cc1cc(NC(=O)C[NH2+][C@H](C)c2cc(F)c(Cl)cc2Cl)no1. The second kappa shape index (κ2) is 7.09. The van der Waals surface area contributed by atoms with Crippen LogP contribution in [0, 0.1) is 12.7 Å². The molecule has 118 valence electrons. The molecule has 0 aliphatic carbocycles. The van der Waals surface area contributed by atoms with Gasteiger partial charge in [-0.25, -0.2) is 4.39 Å². The zero-order chi connectivity index (χ0) is 16.3. The molecule has 0 radical (unpaired) electrons. The molecule has 0 saturated carbocycles. The number of benzene rings is 1. The summed E-state index contributed by atoms with van der Waals surface area (Å²) in [6, 6.07) is 4.05. The smallest absolute Gasteiger partial charge is 0.280 e. The molecular weight excluding hydrogens is 332 g/mol. The fourth-order valence-electron chi connectivity index (χ4n) is 1.92. The Morgan fingerprint density at radius 3 is 2.77 bits per heavy atom. The molecule has 0 saturated heterocycles. The minimum Gasteiger partial charge on any atom is -0.360 e. The average molecular weight is 347 g/mol. The van der Waals surface area contributed by atoms with Gasteiger partial charge in [-0.3, -0.25) is 4.79 Å². The summed E-state index contributed by atoms with van der Waals surface area (Å²) in [5, 5.41) is 8.34. The predicted octanol–water partition coefficient (Wildman–Crippen LogP) is 2.69. The normalized spacial score (nSPS) is 12.2. The van der Waals surface area contributed by atoms with Gasteiger partial charge in [-0.1, -0.05) is 28.4 Å². The van der Waals surface area contributed by atoms with Crippen molar-refractivity contribution in [2.45, 2.75) is 19.9 Å². The number of halogens is 3. The molecule has 1 aromatic heterocycles. The van der Waals surface area contributed by atoms with E-state index in [1.165, 1.54) is 12.1 Å². The molecule has 2 aromatic rings.